The largest absolute Gasteiger partial charge is 0.355 e. The Balaban J connectivity index is 1.75. The minimum absolute atomic E-state index is 0.00332. The van der Waals surface area contributed by atoms with E-state index in [4.69, 9.17) is 0 Å². The standard InChI is InChI=1S/C19H24N4O2/c1-3-20-19(25)17-12-14-6-4-5-7-15(14)13-23(17)18(24)9-8-16-10-11-22(2)21-16/h4-7,10-11,17H,3,8-9,12-13H2,1-2H3,(H,20,25)/t17-/m1/s1. The van der Waals surface area contributed by atoms with Crippen LogP contribution in [0.25, 0.3) is 0 Å². The molecule has 132 valence electrons. The summed E-state index contributed by atoms with van der Waals surface area (Å²) >= 11 is 0. The molecular formula is C19H24N4O2. The molecule has 3 rings (SSSR count). The zero-order valence-electron chi connectivity index (χ0n) is 14.7. The lowest BCUT2D eigenvalue weighted by Gasteiger charge is -2.36. The van der Waals surface area contributed by atoms with E-state index in [1.165, 1.54) is 0 Å². The first-order valence-electron chi connectivity index (χ1n) is 8.71. The van der Waals surface area contributed by atoms with Crippen LogP contribution in [0.5, 0.6) is 0 Å². The molecule has 0 bridgehead atoms. The Hall–Kier alpha value is -2.63. The molecule has 6 heteroatoms. The zero-order chi connectivity index (χ0) is 17.8. The summed E-state index contributed by atoms with van der Waals surface area (Å²) in [4.78, 5) is 27.0. The third-order valence-electron chi connectivity index (χ3n) is 4.59. The van der Waals surface area contributed by atoms with Crippen molar-refractivity contribution in [1.82, 2.24) is 20.0 Å². The lowest BCUT2D eigenvalue weighted by Crippen LogP contribution is -2.52. The van der Waals surface area contributed by atoms with Crippen molar-refractivity contribution < 1.29 is 9.59 Å². The highest BCUT2D eigenvalue weighted by Crippen LogP contribution is 2.24. The van der Waals surface area contributed by atoms with E-state index in [1.807, 2.05) is 50.5 Å². The van der Waals surface area contributed by atoms with Gasteiger partial charge >= 0.3 is 0 Å². The molecule has 25 heavy (non-hydrogen) atoms. The number of rotatable bonds is 5. The van der Waals surface area contributed by atoms with E-state index in [1.54, 1.807) is 9.58 Å². The molecule has 0 unspecified atom stereocenters. The molecule has 1 aliphatic heterocycles. The second-order valence-electron chi connectivity index (χ2n) is 6.39. The van der Waals surface area contributed by atoms with Gasteiger partial charge in [0.2, 0.25) is 11.8 Å². The van der Waals surface area contributed by atoms with Crippen LogP contribution in [-0.2, 0) is 36.0 Å². The van der Waals surface area contributed by atoms with Crippen molar-refractivity contribution in [1.29, 1.82) is 0 Å². The Morgan fingerprint density at radius 1 is 1.24 bits per heavy atom. The molecule has 1 aliphatic rings. The molecule has 0 spiro atoms. The second-order valence-corrected chi connectivity index (χ2v) is 6.39. The number of carbonyl (C=O) groups excluding carboxylic acids is 2. The number of likely N-dealkylation sites (N-methyl/N-ethyl adjacent to an activating group) is 1. The molecule has 2 aromatic rings. The van der Waals surface area contributed by atoms with Crippen molar-refractivity contribution in [2.24, 2.45) is 7.05 Å². The highest BCUT2D eigenvalue weighted by atomic mass is 16.2. The minimum Gasteiger partial charge on any atom is -0.355 e. The van der Waals surface area contributed by atoms with Crippen molar-refractivity contribution >= 4 is 11.8 Å². The minimum atomic E-state index is -0.439. The second kappa shape index (κ2) is 7.51. The molecule has 6 nitrogen and oxygen atoms in total. The molecule has 1 atom stereocenters. The van der Waals surface area contributed by atoms with Gasteiger partial charge in [0.05, 0.1) is 5.69 Å². The van der Waals surface area contributed by atoms with Gasteiger partial charge < -0.3 is 10.2 Å². The smallest absolute Gasteiger partial charge is 0.243 e. The summed E-state index contributed by atoms with van der Waals surface area (Å²) in [7, 11) is 1.86. The molecule has 0 saturated heterocycles. The number of fused-ring (bicyclic) bond motifs is 1. The number of benzene rings is 1. The fourth-order valence-corrected chi connectivity index (χ4v) is 3.29. The topological polar surface area (TPSA) is 67.2 Å². The maximum atomic E-state index is 12.8. The Bertz CT molecular complexity index is 768. The number of carbonyl (C=O) groups is 2. The van der Waals surface area contributed by atoms with Crippen molar-refractivity contribution in [3.8, 4) is 0 Å². The van der Waals surface area contributed by atoms with Crippen molar-refractivity contribution in [2.45, 2.75) is 38.8 Å². The predicted molar refractivity (Wildman–Crippen MR) is 94.7 cm³/mol. The van der Waals surface area contributed by atoms with Crippen molar-refractivity contribution in [3.63, 3.8) is 0 Å². The highest BCUT2D eigenvalue weighted by molar-refractivity contribution is 5.88. The highest BCUT2D eigenvalue weighted by Gasteiger charge is 2.33. The molecule has 1 aromatic carbocycles. The van der Waals surface area contributed by atoms with Gasteiger partial charge in [0.25, 0.3) is 0 Å². The first-order chi connectivity index (χ1) is 12.1. The van der Waals surface area contributed by atoms with Gasteiger partial charge in [0.15, 0.2) is 0 Å². The molecular weight excluding hydrogens is 316 g/mol. The number of aromatic nitrogens is 2. The summed E-state index contributed by atoms with van der Waals surface area (Å²) in [6.45, 7) is 2.94. The first kappa shape index (κ1) is 17.2. The van der Waals surface area contributed by atoms with Crippen LogP contribution in [0.15, 0.2) is 36.5 Å². The van der Waals surface area contributed by atoms with Crippen LogP contribution in [-0.4, -0.2) is 39.1 Å². The van der Waals surface area contributed by atoms with Gasteiger partial charge in [0.1, 0.15) is 6.04 Å². The molecule has 2 amide bonds. The van der Waals surface area contributed by atoms with E-state index in [9.17, 15) is 9.59 Å². The summed E-state index contributed by atoms with van der Waals surface area (Å²) in [6.07, 6.45) is 3.38. The zero-order valence-corrected chi connectivity index (χ0v) is 14.7. The summed E-state index contributed by atoms with van der Waals surface area (Å²) in [5, 5.41) is 7.17. The quantitative estimate of drug-likeness (QED) is 0.896. The van der Waals surface area contributed by atoms with Crippen LogP contribution in [0.1, 0.15) is 30.2 Å². The summed E-state index contributed by atoms with van der Waals surface area (Å²) in [5.41, 5.74) is 3.16. The van der Waals surface area contributed by atoms with Gasteiger partial charge in [-0.05, 0) is 24.1 Å². The van der Waals surface area contributed by atoms with E-state index in [0.717, 1.165) is 16.8 Å². The fourth-order valence-electron chi connectivity index (χ4n) is 3.29. The number of amides is 2. The molecule has 1 N–H and O–H groups in total. The first-order valence-corrected chi connectivity index (χ1v) is 8.71. The van der Waals surface area contributed by atoms with Crippen molar-refractivity contribution in [2.75, 3.05) is 6.54 Å². The van der Waals surface area contributed by atoms with Crippen LogP contribution in [0.4, 0.5) is 0 Å². The van der Waals surface area contributed by atoms with Crippen molar-refractivity contribution in [3.05, 3.63) is 53.3 Å². The van der Waals surface area contributed by atoms with Crippen LogP contribution < -0.4 is 5.32 Å². The number of hydrogen-bond acceptors (Lipinski definition) is 3. The van der Waals surface area contributed by atoms with Gasteiger partial charge in [-0.1, -0.05) is 24.3 Å². The van der Waals surface area contributed by atoms with Gasteiger partial charge in [-0.3, -0.25) is 14.3 Å². The Morgan fingerprint density at radius 2 is 2.00 bits per heavy atom. The Kier molecular flexibility index (Phi) is 5.16. The normalized spacial score (nSPS) is 16.4. The molecule has 0 fully saturated rings. The van der Waals surface area contributed by atoms with Gasteiger partial charge in [-0.15, -0.1) is 0 Å². The Morgan fingerprint density at radius 3 is 2.68 bits per heavy atom. The number of nitrogens with zero attached hydrogens (tertiary/aromatic N) is 3. The lowest BCUT2D eigenvalue weighted by atomic mass is 9.93. The van der Waals surface area contributed by atoms with Crippen LogP contribution in [0.2, 0.25) is 0 Å². The maximum Gasteiger partial charge on any atom is 0.243 e. The summed E-state index contributed by atoms with van der Waals surface area (Å²) in [5.74, 6) is -0.0837. The monoisotopic (exact) mass is 340 g/mol. The van der Waals surface area contributed by atoms with Gasteiger partial charge in [0, 0.05) is 45.6 Å². The third-order valence-corrected chi connectivity index (χ3v) is 4.59. The molecule has 0 radical (unpaired) electrons. The average molecular weight is 340 g/mol. The number of nitrogens with one attached hydrogen (secondary N) is 1. The van der Waals surface area contributed by atoms with Gasteiger partial charge in [-0.2, -0.15) is 5.10 Å². The Labute approximate surface area is 147 Å². The number of hydrogen-bond donors (Lipinski definition) is 1. The molecule has 0 saturated carbocycles. The number of aryl methyl sites for hydroxylation is 2. The van der Waals surface area contributed by atoms with E-state index in [0.29, 0.717) is 32.4 Å². The molecule has 1 aromatic heterocycles. The summed E-state index contributed by atoms with van der Waals surface area (Å²) in [6, 6.07) is 9.50. The molecule has 2 heterocycles. The van der Waals surface area contributed by atoms with E-state index < -0.39 is 6.04 Å². The van der Waals surface area contributed by atoms with Gasteiger partial charge in [-0.25, -0.2) is 0 Å². The predicted octanol–water partition coefficient (Wildman–Crippen LogP) is 1.44. The van der Waals surface area contributed by atoms with E-state index in [-0.39, 0.29) is 11.8 Å². The third kappa shape index (κ3) is 3.90. The summed E-state index contributed by atoms with van der Waals surface area (Å²) < 4.78 is 1.73. The lowest BCUT2D eigenvalue weighted by molar-refractivity contribution is -0.141. The van der Waals surface area contributed by atoms with Crippen LogP contribution in [0, 0.1) is 0 Å². The SMILES string of the molecule is CCNC(=O)[C@H]1Cc2ccccc2CN1C(=O)CCc1ccn(C)n1. The average Bonchev–Trinajstić information content (AvgIpc) is 3.04. The van der Waals surface area contributed by atoms with Crippen LogP contribution in [0.3, 0.4) is 0 Å². The maximum absolute atomic E-state index is 12.8. The van der Waals surface area contributed by atoms with E-state index in [2.05, 4.69) is 10.4 Å². The molecule has 0 aliphatic carbocycles. The van der Waals surface area contributed by atoms with E-state index >= 15 is 0 Å². The van der Waals surface area contributed by atoms with Crippen LogP contribution >= 0.6 is 0 Å². The fraction of sp³-hybridized carbons (Fsp3) is 0.421.